The number of halogens is 1. The van der Waals surface area contributed by atoms with Crippen LogP contribution in [0.2, 0.25) is 5.02 Å². The maximum absolute atomic E-state index is 6.32. The van der Waals surface area contributed by atoms with Crippen molar-refractivity contribution >= 4 is 22.9 Å². The van der Waals surface area contributed by atoms with Gasteiger partial charge in [-0.05, 0) is 51.6 Å². The van der Waals surface area contributed by atoms with Crippen molar-refractivity contribution in [1.29, 1.82) is 0 Å². The molecule has 0 saturated heterocycles. The van der Waals surface area contributed by atoms with E-state index in [4.69, 9.17) is 11.6 Å². The zero-order valence-corrected chi connectivity index (χ0v) is 21.1. The summed E-state index contributed by atoms with van der Waals surface area (Å²) < 4.78 is 0. The lowest BCUT2D eigenvalue weighted by atomic mass is 9.91. The summed E-state index contributed by atoms with van der Waals surface area (Å²) in [5, 5.41) is 0.747. The SMILES string of the molecule is Clc1cccc(-c2cccc(-c3sc(-c4ccccc4)c(-c4ccccc4)c3-c3ccccc3)c2)c1. The molecule has 0 unspecified atom stereocenters. The van der Waals surface area contributed by atoms with Gasteiger partial charge in [0, 0.05) is 25.9 Å². The van der Waals surface area contributed by atoms with Crippen LogP contribution in [0, 0.1) is 0 Å². The molecule has 0 N–H and O–H groups in total. The van der Waals surface area contributed by atoms with Crippen LogP contribution in [0.5, 0.6) is 0 Å². The van der Waals surface area contributed by atoms with E-state index in [2.05, 4.69) is 121 Å². The standard InChI is InChI=1S/C34H23ClS/c35-30-21-11-19-28(23-30)27-18-10-20-29(22-27)34-32(25-14-6-2-7-15-25)31(24-12-4-1-5-13-24)33(36-34)26-16-8-3-9-17-26/h1-23H. The quantitative estimate of drug-likeness (QED) is 0.221. The second kappa shape index (κ2) is 9.99. The predicted octanol–water partition coefficient (Wildman–Crippen LogP) is 10.7. The van der Waals surface area contributed by atoms with Gasteiger partial charge in [0.2, 0.25) is 0 Å². The van der Waals surface area contributed by atoms with Crippen molar-refractivity contribution in [2.24, 2.45) is 0 Å². The normalized spacial score (nSPS) is 10.9. The van der Waals surface area contributed by atoms with Gasteiger partial charge in [-0.2, -0.15) is 0 Å². The first kappa shape index (κ1) is 22.5. The second-order valence-corrected chi connectivity index (χ2v) is 10.2. The average molecular weight is 499 g/mol. The zero-order chi connectivity index (χ0) is 24.3. The fraction of sp³-hybridized carbons (Fsp3) is 0. The highest BCUT2D eigenvalue weighted by Crippen LogP contribution is 2.52. The van der Waals surface area contributed by atoms with Crippen LogP contribution in [0.1, 0.15) is 0 Å². The van der Waals surface area contributed by atoms with E-state index >= 15 is 0 Å². The summed E-state index contributed by atoms with van der Waals surface area (Å²) in [6.07, 6.45) is 0. The molecule has 1 heterocycles. The lowest BCUT2D eigenvalue weighted by molar-refractivity contribution is 1.60. The van der Waals surface area contributed by atoms with Gasteiger partial charge in [0.15, 0.2) is 0 Å². The first-order valence-corrected chi connectivity index (χ1v) is 13.2. The number of benzene rings is 5. The smallest absolute Gasteiger partial charge is 0.0434 e. The third-order valence-electron chi connectivity index (χ3n) is 6.35. The van der Waals surface area contributed by atoms with Gasteiger partial charge in [0.1, 0.15) is 0 Å². The van der Waals surface area contributed by atoms with E-state index in [0.717, 1.165) is 16.1 Å². The van der Waals surface area contributed by atoms with Gasteiger partial charge in [-0.25, -0.2) is 0 Å². The molecule has 6 aromatic rings. The highest BCUT2D eigenvalue weighted by atomic mass is 35.5. The van der Waals surface area contributed by atoms with Crippen LogP contribution >= 0.6 is 22.9 Å². The monoisotopic (exact) mass is 498 g/mol. The Hall–Kier alpha value is -3.91. The maximum atomic E-state index is 6.32. The zero-order valence-electron chi connectivity index (χ0n) is 19.6. The molecule has 0 bridgehead atoms. The van der Waals surface area contributed by atoms with Crippen LogP contribution in [0.3, 0.4) is 0 Å². The predicted molar refractivity (Wildman–Crippen MR) is 157 cm³/mol. The molecule has 2 heteroatoms. The highest BCUT2D eigenvalue weighted by molar-refractivity contribution is 7.20. The number of hydrogen-bond acceptors (Lipinski definition) is 1. The van der Waals surface area contributed by atoms with Crippen molar-refractivity contribution in [3.8, 4) is 54.3 Å². The lowest BCUT2D eigenvalue weighted by Crippen LogP contribution is -1.86. The number of hydrogen-bond donors (Lipinski definition) is 0. The first-order chi connectivity index (χ1) is 17.8. The van der Waals surface area contributed by atoms with Gasteiger partial charge in [-0.1, -0.05) is 133 Å². The molecule has 6 rings (SSSR count). The average Bonchev–Trinajstić information content (AvgIpc) is 3.35. The van der Waals surface area contributed by atoms with Crippen molar-refractivity contribution in [3.63, 3.8) is 0 Å². The minimum atomic E-state index is 0.747. The number of rotatable bonds is 5. The minimum Gasteiger partial charge on any atom is -0.134 e. The van der Waals surface area contributed by atoms with Crippen molar-refractivity contribution in [1.82, 2.24) is 0 Å². The molecule has 0 spiro atoms. The molecular weight excluding hydrogens is 476 g/mol. The van der Waals surface area contributed by atoms with E-state index in [0.29, 0.717) is 0 Å². The summed E-state index contributed by atoms with van der Waals surface area (Å²) in [5.74, 6) is 0. The van der Waals surface area contributed by atoms with Gasteiger partial charge in [0.25, 0.3) is 0 Å². The third-order valence-corrected chi connectivity index (χ3v) is 7.87. The first-order valence-electron chi connectivity index (χ1n) is 12.0. The lowest BCUT2D eigenvalue weighted by Gasteiger charge is -2.11. The Morgan fingerprint density at radius 3 is 1.33 bits per heavy atom. The summed E-state index contributed by atoms with van der Waals surface area (Å²) in [5.41, 5.74) is 9.71. The Kier molecular flexibility index (Phi) is 6.26. The van der Waals surface area contributed by atoms with Crippen molar-refractivity contribution < 1.29 is 0 Å². The van der Waals surface area contributed by atoms with E-state index < -0.39 is 0 Å². The summed E-state index contributed by atoms with van der Waals surface area (Å²) in [4.78, 5) is 2.55. The molecule has 1 aromatic heterocycles. The molecule has 0 aliphatic rings. The second-order valence-electron chi connectivity index (χ2n) is 8.70. The van der Waals surface area contributed by atoms with Gasteiger partial charge in [-0.3, -0.25) is 0 Å². The minimum absolute atomic E-state index is 0.747. The molecule has 0 saturated carbocycles. The molecular formula is C34H23ClS. The van der Waals surface area contributed by atoms with E-state index in [1.54, 1.807) is 0 Å². The Balaban J connectivity index is 1.65. The Morgan fingerprint density at radius 1 is 0.361 bits per heavy atom. The van der Waals surface area contributed by atoms with Crippen LogP contribution in [-0.2, 0) is 0 Å². The Bertz CT molecular complexity index is 1620. The van der Waals surface area contributed by atoms with Gasteiger partial charge < -0.3 is 0 Å². The molecule has 0 amide bonds. The van der Waals surface area contributed by atoms with Crippen molar-refractivity contribution in [2.45, 2.75) is 0 Å². The highest BCUT2D eigenvalue weighted by Gasteiger charge is 2.23. The molecule has 172 valence electrons. The molecule has 0 radical (unpaired) electrons. The van der Waals surface area contributed by atoms with Crippen LogP contribution in [0.25, 0.3) is 54.3 Å². The Labute approximate surface area is 221 Å². The van der Waals surface area contributed by atoms with Crippen LogP contribution in [-0.4, -0.2) is 0 Å². The maximum Gasteiger partial charge on any atom is 0.0434 e. The fourth-order valence-electron chi connectivity index (χ4n) is 4.70. The van der Waals surface area contributed by atoms with Gasteiger partial charge in [-0.15, -0.1) is 11.3 Å². The van der Waals surface area contributed by atoms with Crippen LogP contribution < -0.4 is 0 Å². The molecule has 0 atom stereocenters. The molecule has 36 heavy (non-hydrogen) atoms. The van der Waals surface area contributed by atoms with Gasteiger partial charge in [0.05, 0.1) is 0 Å². The van der Waals surface area contributed by atoms with Crippen molar-refractivity contribution in [3.05, 3.63) is 145 Å². The molecule has 0 fully saturated rings. The summed E-state index contributed by atoms with van der Waals surface area (Å²) in [6, 6.07) is 49.1. The number of thiophene rings is 1. The molecule has 5 aromatic carbocycles. The molecule has 0 aliphatic heterocycles. The fourth-order valence-corrected chi connectivity index (χ4v) is 6.23. The van der Waals surface area contributed by atoms with Crippen LogP contribution in [0.4, 0.5) is 0 Å². The third kappa shape index (κ3) is 4.40. The van der Waals surface area contributed by atoms with Crippen molar-refractivity contribution in [2.75, 3.05) is 0 Å². The Morgan fingerprint density at radius 2 is 0.778 bits per heavy atom. The van der Waals surface area contributed by atoms with Crippen LogP contribution in [0.15, 0.2) is 140 Å². The molecule has 0 nitrogen and oxygen atoms in total. The topological polar surface area (TPSA) is 0 Å². The summed E-state index contributed by atoms with van der Waals surface area (Å²) in [6.45, 7) is 0. The molecule has 0 aliphatic carbocycles. The summed E-state index contributed by atoms with van der Waals surface area (Å²) in [7, 11) is 0. The van der Waals surface area contributed by atoms with E-state index in [-0.39, 0.29) is 0 Å². The van der Waals surface area contributed by atoms with E-state index in [1.807, 2.05) is 29.5 Å². The van der Waals surface area contributed by atoms with Gasteiger partial charge >= 0.3 is 0 Å². The van der Waals surface area contributed by atoms with E-state index in [1.165, 1.54) is 43.1 Å². The summed E-state index contributed by atoms with van der Waals surface area (Å²) >= 11 is 8.18. The van der Waals surface area contributed by atoms with E-state index in [9.17, 15) is 0 Å². The largest absolute Gasteiger partial charge is 0.134 e.